The zero-order valence-electron chi connectivity index (χ0n) is 10.9. The van der Waals surface area contributed by atoms with Gasteiger partial charge >= 0.3 is 5.97 Å². The van der Waals surface area contributed by atoms with Gasteiger partial charge in [0.15, 0.2) is 0 Å². The minimum absolute atomic E-state index is 0.0950. The van der Waals surface area contributed by atoms with Gasteiger partial charge in [-0.2, -0.15) is 0 Å². The maximum atomic E-state index is 11.0. The third-order valence-corrected chi connectivity index (χ3v) is 3.25. The minimum atomic E-state index is -0.719. The van der Waals surface area contributed by atoms with Crippen LogP contribution in [0.5, 0.6) is 0 Å². The lowest BCUT2D eigenvalue weighted by atomic mass is 10.1. The summed E-state index contributed by atoms with van der Waals surface area (Å²) < 4.78 is 0. The van der Waals surface area contributed by atoms with Crippen LogP contribution in [0.1, 0.15) is 34.1 Å². The molecule has 1 rings (SSSR count). The largest absolute Gasteiger partial charge is 0.481 e. The summed E-state index contributed by atoms with van der Waals surface area (Å²) in [5.74, 6) is -0.900. The highest BCUT2D eigenvalue weighted by atomic mass is 16.6. The topological polar surface area (TPSA) is 58.9 Å². The Kier molecular flexibility index (Phi) is 4.32. The summed E-state index contributed by atoms with van der Waals surface area (Å²) in [6, 6.07) is 0. The first-order chi connectivity index (χ1) is 7.91. The van der Waals surface area contributed by atoms with E-state index >= 15 is 0 Å². The predicted octanol–water partition coefficient (Wildman–Crippen LogP) is 2.70. The van der Waals surface area contributed by atoms with Crippen molar-refractivity contribution in [3.63, 3.8) is 0 Å². The first-order valence-electron chi connectivity index (χ1n) is 5.97. The Bertz CT molecular complexity index is 345. The summed E-state index contributed by atoms with van der Waals surface area (Å²) in [6.07, 6.45) is 4.54. The molecule has 1 saturated carbocycles. The molecule has 0 unspecified atom stereocenters. The van der Waals surface area contributed by atoms with Crippen LogP contribution in [0.25, 0.3) is 0 Å². The third-order valence-electron chi connectivity index (χ3n) is 3.25. The number of carboxylic acid groups (broad SMARTS) is 1. The molecule has 0 saturated heterocycles. The summed E-state index contributed by atoms with van der Waals surface area (Å²) in [5, 5.41) is 12.8. The van der Waals surface area contributed by atoms with E-state index in [-0.39, 0.29) is 17.3 Å². The van der Waals surface area contributed by atoms with Gasteiger partial charge in [0.2, 0.25) is 0 Å². The van der Waals surface area contributed by atoms with Crippen molar-refractivity contribution < 1.29 is 14.7 Å². The van der Waals surface area contributed by atoms with Crippen molar-refractivity contribution in [3.8, 4) is 0 Å². The highest BCUT2D eigenvalue weighted by molar-refractivity contribution is 5.80. The fraction of sp³-hybridized carbons (Fsp3) is 0.692. The molecular formula is C13H21NO3. The molecule has 2 atom stereocenters. The van der Waals surface area contributed by atoms with Crippen LogP contribution >= 0.6 is 0 Å². The molecule has 1 N–H and O–H groups in total. The van der Waals surface area contributed by atoms with Crippen molar-refractivity contribution >= 4 is 12.2 Å². The lowest BCUT2D eigenvalue weighted by molar-refractivity contribution is -0.139. The Labute approximate surface area is 102 Å². The molecule has 4 nitrogen and oxygen atoms in total. The van der Waals surface area contributed by atoms with Gasteiger partial charge in [-0.15, -0.1) is 0 Å². The van der Waals surface area contributed by atoms with Crippen molar-refractivity contribution in [1.29, 1.82) is 0 Å². The van der Waals surface area contributed by atoms with Crippen molar-refractivity contribution in [2.75, 3.05) is 6.61 Å². The van der Waals surface area contributed by atoms with Gasteiger partial charge in [0.05, 0.1) is 12.1 Å². The van der Waals surface area contributed by atoms with Crippen LogP contribution in [0.2, 0.25) is 0 Å². The summed E-state index contributed by atoms with van der Waals surface area (Å²) in [7, 11) is 0. The second-order valence-corrected chi connectivity index (χ2v) is 5.14. The molecule has 4 heteroatoms. The Morgan fingerprint density at radius 3 is 2.65 bits per heavy atom. The van der Waals surface area contributed by atoms with E-state index in [4.69, 9.17) is 9.94 Å². The van der Waals surface area contributed by atoms with E-state index in [1.807, 2.05) is 33.8 Å². The van der Waals surface area contributed by atoms with Crippen molar-refractivity contribution in [2.45, 2.75) is 34.1 Å². The van der Waals surface area contributed by atoms with Crippen LogP contribution in [-0.2, 0) is 9.63 Å². The molecule has 0 bridgehead atoms. The maximum absolute atomic E-state index is 11.0. The zero-order chi connectivity index (χ0) is 13.1. The highest BCUT2D eigenvalue weighted by Crippen LogP contribution is 2.59. The fourth-order valence-electron chi connectivity index (χ4n) is 2.05. The number of hydrogen-bond acceptors (Lipinski definition) is 3. The normalized spacial score (nSPS) is 27.2. The Morgan fingerprint density at radius 2 is 2.18 bits per heavy atom. The first kappa shape index (κ1) is 13.7. The molecule has 1 fully saturated rings. The lowest BCUT2D eigenvalue weighted by Gasteiger charge is -1.98. The Morgan fingerprint density at radius 1 is 1.53 bits per heavy atom. The van der Waals surface area contributed by atoms with Crippen molar-refractivity contribution in [1.82, 2.24) is 0 Å². The van der Waals surface area contributed by atoms with E-state index in [2.05, 4.69) is 5.16 Å². The highest BCUT2D eigenvalue weighted by Gasteiger charge is 2.60. The number of carbonyl (C=O) groups is 1. The van der Waals surface area contributed by atoms with Crippen LogP contribution in [0.4, 0.5) is 0 Å². The molecule has 0 aromatic rings. The van der Waals surface area contributed by atoms with E-state index in [0.717, 1.165) is 12.0 Å². The van der Waals surface area contributed by atoms with Gasteiger partial charge in [0.25, 0.3) is 0 Å². The predicted molar refractivity (Wildman–Crippen MR) is 66.9 cm³/mol. The monoisotopic (exact) mass is 239 g/mol. The number of nitrogens with zero attached hydrogens (tertiary/aromatic N) is 1. The molecule has 96 valence electrons. The van der Waals surface area contributed by atoms with Gasteiger partial charge in [-0.25, -0.2) is 0 Å². The van der Waals surface area contributed by atoms with E-state index in [1.54, 1.807) is 6.21 Å². The molecule has 1 aliphatic rings. The molecule has 0 aromatic heterocycles. The lowest BCUT2D eigenvalue weighted by Crippen LogP contribution is -2.03. The van der Waals surface area contributed by atoms with Crippen LogP contribution < -0.4 is 0 Å². The Hall–Kier alpha value is -1.32. The number of rotatable bonds is 6. The van der Waals surface area contributed by atoms with E-state index in [0.29, 0.717) is 6.61 Å². The minimum Gasteiger partial charge on any atom is -0.481 e. The quantitative estimate of drug-likeness (QED) is 0.440. The van der Waals surface area contributed by atoms with Gasteiger partial charge < -0.3 is 9.94 Å². The molecule has 0 amide bonds. The van der Waals surface area contributed by atoms with Crippen LogP contribution in [0.3, 0.4) is 0 Å². The molecular weight excluding hydrogens is 218 g/mol. The molecule has 0 radical (unpaired) electrons. The standard InChI is InChI=1S/C13H21NO3/c1-5-6-17-14-8-9(2)7-10-11(12(15)16)13(10,3)4/h7-8,10-11H,5-6H2,1-4H3,(H,15,16)/t10-,11+/m1/s1. The summed E-state index contributed by atoms with van der Waals surface area (Å²) in [6.45, 7) is 8.49. The van der Waals surface area contributed by atoms with Gasteiger partial charge in [-0.3, -0.25) is 4.79 Å². The number of oxime groups is 1. The van der Waals surface area contributed by atoms with Gasteiger partial charge in [-0.1, -0.05) is 32.0 Å². The summed E-state index contributed by atoms with van der Waals surface area (Å²) >= 11 is 0. The second kappa shape index (κ2) is 5.34. The molecule has 1 aliphatic carbocycles. The van der Waals surface area contributed by atoms with Crippen molar-refractivity contribution in [3.05, 3.63) is 11.6 Å². The number of allylic oxidation sites excluding steroid dienone is 2. The van der Waals surface area contributed by atoms with E-state index in [1.165, 1.54) is 0 Å². The van der Waals surface area contributed by atoms with E-state index < -0.39 is 5.97 Å². The SMILES string of the molecule is CCCON=CC(C)=C[C@@H]1[C@@H](C(=O)O)C1(C)C. The molecule has 0 aromatic carbocycles. The first-order valence-corrected chi connectivity index (χ1v) is 5.97. The molecule has 17 heavy (non-hydrogen) atoms. The van der Waals surface area contributed by atoms with Crippen molar-refractivity contribution in [2.24, 2.45) is 22.4 Å². The zero-order valence-corrected chi connectivity index (χ0v) is 10.9. The number of aliphatic carboxylic acids is 1. The summed E-state index contributed by atoms with van der Waals surface area (Å²) in [4.78, 5) is 16.0. The average Bonchev–Trinajstić information content (AvgIpc) is 2.75. The second-order valence-electron chi connectivity index (χ2n) is 5.14. The van der Waals surface area contributed by atoms with Crippen LogP contribution in [-0.4, -0.2) is 23.9 Å². The van der Waals surface area contributed by atoms with Gasteiger partial charge in [-0.05, 0) is 30.3 Å². The smallest absolute Gasteiger partial charge is 0.307 e. The Balaban J connectivity index is 2.53. The third kappa shape index (κ3) is 3.32. The molecule has 0 spiro atoms. The molecule has 0 aliphatic heterocycles. The number of hydrogen-bond donors (Lipinski definition) is 1. The van der Waals surface area contributed by atoms with E-state index in [9.17, 15) is 4.79 Å². The number of carboxylic acids is 1. The van der Waals surface area contributed by atoms with Crippen LogP contribution in [0.15, 0.2) is 16.8 Å². The van der Waals surface area contributed by atoms with Gasteiger partial charge in [0, 0.05) is 0 Å². The van der Waals surface area contributed by atoms with Crippen LogP contribution in [0, 0.1) is 17.3 Å². The van der Waals surface area contributed by atoms with Gasteiger partial charge in [0.1, 0.15) is 6.61 Å². The average molecular weight is 239 g/mol. The molecule has 0 heterocycles. The maximum Gasteiger partial charge on any atom is 0.307 e. The summed E-state index contributed by atoms with van der Waals surface area (Å²) in [5.41, 5.74) is 0.800. The fourth-order valence-corrected chi connectivity index (χ4v) is 2.05.